The van der Waals surface area contributed by atoms with E-state index in [1.165, 1.54) is 19.1 Å². The SMILES string of the molecule is C[C@@H](O)[C@@H](C=O)NC(=O)[C@H](Cc1ccc(O)cc1)NC(=O)[C@@H]1CCCN1. The maximum Gasteiger partial charge on any atom is 0.243 e. The van der Waals surface area contributed by atoms with Crippen LogP contribution >= 0.6 is 0 Å². The van der Waals surface area contributed by atoms with Crippen molar-refractivity contribution in [3.63, 3.8) is 0 Å². The number of nitrogens with one attached hydrogen (secondary N) is 3. The van der Waals surface area contributed by atoms with Gasteiger partial charge in [-0.15, -0.1) is 0 Å². The molecule has 26 heavy (non-hydrogen) atoms. The zero-order valence-electron chi connectivity index (χ0n) is 14.6. The average Bonchev–Trinajstić information content (AvgIpc) is 3.15. The third-order valence-electron chi connectivity index (χ3n) is 4.36. The molecule has 0 spiro atoms. The van der Waals surface area contributed by atoms with E-state index in [2.05, 4.69) is 16.0 Å². The van der Waals surface area contributed by atoms with Crippen molar-refractivity contribution in [1.82, 2.24) is 16.0 Å². The van der Waals surface area contributed by atoms with Crippen molar-refractivity contribution in [2.45, 2.75) is 50.4 Å². The molecule has 0 aromatic heterocycles. The number of carbonyl (C=O) groups excluding carboxylic acids is 3. The standard InChI is InChI=1S/C18H25N3O5/c1-11(23)16(10-22)21-18(26)15(9-12-4-6-13(24)7-5-12)20-17(25)14-3-2-8-19-14/h4-7,10-11,14-16,19,23-24H,2-3,8-9H2,1H3,(H,20,25)(H,21,26)/t11-,14+,15+,16-/m1/s1. The van der Waals surface area contributed by atoms with Gasteiger partial charge in [0.25, 0.3) is 0 Å². The first-order valence-electron chi connectivity index (χ1n) is 8.66. The summed E-state index contributed by atoms with van der Waals surface area (Å²) < 4.78 is 0. The molecule has 1 heterocycles. The maximum atomic E-state index is 12.6. The summed E-state index contributed by atoms with van der Waals surface area (Å²) in [5.41, 5.74) is 0.738. The molecule has 2 amide bonds. The Labute approximate surface area is 152 Å². The van der Waals surface area contributed by atoms with Crippen LogP contribution in [0.3, 0.4) is 0 Å². The van der Waals surface area contributed by atoms with Gasteiger partial charge in [0.2, 0.25) is 11.8 Å². The molecule has 1 aliphatic heterocycles. The van der Waals surface area contributed by atoms with E-state index in [4.69, 9.17) is 0 Å². The summed E-state index contributed by atoms with van der Waals surface area (Å²) in [5.74, 6) is -0.729. The Bertz CT molecular complexity index is 626. The highest BCUT2D eigenvalue weighted by Gasteiger charge is 2.29. The summed E-state index contributed by atoms with van der Waals surface area (Å²) in [5, 5.41) is 27.2. The summed E-state index contributed by atoms with van der Waals surface area (Å²) in [6.45, 7) is 2.15. The van der Waals surface area contributed by atoms with Gasteiger partial charge < -0.3 is 31.0 Å². The van der Waals surface area contributed by atoms with Crippen molar-refractivity contribution in [2.75, 3.05) is 6.54 Å². The van der Waals surface area contributed by atoms with E-state index >= 15 is 0 Å². The van der Waals surface area contributed by atoms with Gasteiger partial charge in [-0.3, -0.25) is 9.59 Å². The molecule has 1 aliphatic rings. The van der Waals surface area contributed by atoms with Gasteiger partial charge in [-0.25, -0.2) is 0 Å². The number of hydrogen-bond donors (Lipinski definition) is 5. The van der Waals surface area contributed by atoms with Gasteiger partial charge in [0.1, 0.15) is 24.1 Å². The molecule has 1 aromatic rings. The molecule has 0 saturated carbocycles. The minimum absolute atomic E-state index is 0.101. The Morgan fingerprint density at radius 1 is 1.31 bits per heavy atom. The highest BCUT2D eigenvalue weighted by Crippen LogP contribution is 2.12. The van der Waals surface area contributed by atoms with Crippen LogP contribution in [0.15, 0.2) is 24.3 Å². The zero-order chi connectivity index (χ0) is 19.1. The van der Waals surface area contributed by atoms with Crippen molar-refractivity contribution < 1.29 is 24.6 Å². The van der Waals surface area contributed by atoms with E-state index in [0.29, 0.717) is 12.7 Å². The number of carbonyl (C=O) groups is 3. The lowest BCUT2D eigenvalue weighted by atomic mass is 10.0. The Balaban J connectivity index is 2.10. The van der Waals surface area contributed by atoms with Crippen LogP contribution in [-0.4, -0.2) is 59.1 Å². The van der Waals surface area contributed by atoms with E-state index in [1.54, 1.807) is 12.1 Å². The fourth-order valence-electron chi connectivity index (χ4n) is 2.79. The average molecular weight is 363 g/mol. The first-order valence-corrected chi connectivity index (χ1v) is 8.66. The van der Waals surface area contributed by atoms with Gasteiger partial charge in [0, 0.05) is 6.42 Å². The van der Waals surface area contributed by atoms with E-state index in [1.807, 2.05) is 0 Å². The fourth-order valence-corrected chi connectivity index (χ4v) is 2.79. The van der Waals surface area contributed by atoms with Gasteiger partial charge in [-0.05, 0) is 44.0 Å². The van der Waals surface area contributed by atoms with Gasteiger partial charge in [0.15, 0.2) is 0 Å². The molecule has 1 fully saturated rings. The largest absolute Gasteiger partial charge is 0.508 e. The van der Waals surface area contributed by atoms with Crippen molar-refractivity contribution in [1.29, 1.82) is 0 Å². The second kappa shape index (κ2) is 9.30. The monoisotopic (exact) mass is 363 g/mol. The van der Waals surface area contributed by atoms with Crippen LogP contribution in [0.4, 0.5) is 0 Å². The molecule has 5 N–H and O–H groups in total. The van der Waals surface area contributed by atoms with Crippen LogP contribution in [0.1, 0.15) is 25.3 Å². The Hall–Kier alpha value is -2.45. The zero-order valence-corrected chi connectivity index (χ0v) is 14.6. The molecule has 0 unspecified atom stereocenters. The second-order valence-electron chi connectivity index (χ2n) is 6.49. The molecule has 0 aliphatic carbocycles. The number of phenols is 1. The maximum absolute atomic E-state index is 12.6. The van der Waals surface area contributed by atoms with E-state index in [-0.39, 0.29) is 24.1 Å². The van der Waals surface area contributed by atoms with Crippen LogP contribution in [0.2, 0.25) is 0 Å². The third-order valence-corrected chi connectivity index (χ3v) is 4.36. The van der Waals surface area contributed by atoms with Gasteiger partial charge in [0.05, 0.1) is 12.1 Å². The molecule has 0 radical (unpaired) electrons. The van der Waals surface area contributed by atoms with Crippen molar-refractivity contribution in [2.24, 2.45) is 0 Å². The predicted molar refractivity (Wildman–Crippen MR) is 94.4 cm³/mol. The second-order valence-corrected chi connectivity index (χ2v) is 6.49. The molecule has 4 atom stereocenters. The number of aldehydes is 1. The number of aromatic hydroxyl groups is 1. The van der Waals surface area contributed by atoms with Crippen LogP contribution in [-0.2, 0) is 20.8 Å². The van der Waals surface area contributed by atoms with Crippen molar-refractivity contribution in [3.05, 3.63) is 29.8 Å². The lowest BCUT2D eigenvalue weighted by molar-refractivity contribution is -0.131. The lowest BCUT2D eigenvalue weighted by Gasteiger charge is -2.23. The first kappa shape index (κ1) is 19.9. The summed E-state index contributed by atoms with van der Waals surface area (Å²) in [4.78, 5) is 36.0. The molecule has 142 valence electrons. The lowest BCUT2D eigenvalue weighted by Crippen LogP contribution is -2.55. The number of aliphatic hydroxyl groups excluding tert-OH is 1. The van der Waals surface area contributed by atoms with E-state index < -0.39 is 24.1 Å². The van der Waals surface area contributed by atoms with Crippen molar-refractivity contribution in [3.8, 4) is 5.75 Å². The van der Waals surface area contributed by atoms with Gasteiger partial charge >= 0.3 is 0 Å². The fraction of sp³-hybridized carbons (Fsp3) is 0.500. The summed E-state index contributed by atoms with van der Waals surface area (Å²) in [6.07, 6.45) is 1.20. The summed E-state index contributed by atoms with van der Waals surface area (Å²) in [7, 11) is 0. The smallest absolute Gasteiger partial charge is 0.243 e. The molecule has 8 nitrogen and oxygen atoms in total. The highest BCUT2D eigenvalue weighted by molar-refractivity contribution is 5.91. The van der Waals surface area contributed by atoms with Crippen LogP contribution in [0.5, 0.6) is 5.75 Å². The van der Waals surface area contributed by atoms with Gasteiger partial charge in [-0.1, -0.05) is 12.1 Å². The molecule has 8 heteroatoms. The number of benzene rings is 1. The van der Waals surface area contributed by atoms with E-state index in [9.17, 15) is 24.6 Å². The Morgan fingerprint density at radius 2 is 2.00 bits per heavy atom. The summed E-state index contributed by atoms with van der Waals surface area (Å²) >= 11 is 0. The molecule has 1 saturated heterocycles. The minimum Gasteiger partial charge on any atom is -0.508 e. The van der Waals surface area contributed by atoms with Crippen LogP contribution < -0.4 is 16.0 Å². The third kappa shape index (κ3) is 5.53. The molecule has 0 bridgehead atoms. The number of hydrogen-bond acceptors (Lipinski definition) is 6. The molecular formula is C18H25N3O5. The van der Waals surface area contributed by atoms with Crippen LogP contribution in [0, 0.1) is 0 Å². The first-order chi connectivity index (χ1) is 12.4. The number of phenolic OH excluding ortho intramolecular Hbond substituents is 1. The summed E-state index contributed by atoms with van der Waals surface area (Å²) in [6, 6.07) is 4.00. The number of rotatable bonds is 8. The topological polar surface area (TPSA) is 128 Å². The normalized spacial score (nSPS) is 20.0. The molecule has 2 rings (SSSR count). The number of amides is 2. The van der Waals surface area contributed by atoms with Crippen LogP contribution in [0.25, 0.3) is 0 Å². The Kier molecular flexibility index (Phi) is 7.11. The predicted octanol–water partition coefficient (Wildman–Crippen LogP) is -0.764. The quantitative estimate of drug-likeness (QED) is 0.386. The highest BCUT2D eigenvalue weighted by atomic mass is 16.3. The van der Waals surface area contributed by atoms with Gasteiger partial charge in [-0.2, -0.15) is 0 Å². The Morgan fingerprint density at radius 3 is 2.54 bits per heavy atom. The van der Waals surface area contributed by atoms with Crippen molar-refractivity contribution >= 4 is 18.1 Å². The number of aliphatic hydroxyl groups is 1. The minimum atomic E-state index is -1.05. The van der Waals surface area contributed by atoms with E-state index in [0.717, 1.165) is 18.5 Å². The molecule has 1 aromatic carbocycles. The molecular weight excluding hydrogens is 338 g/mol.